The van der Waals surface area contributed by atoms with Gasteiger partial charge in [-0.15, -0.1) is 11.3 Å². The Morgan fingerprint density at radius 3 is 3.08 bits per heavy atom. The summed E-state index contributed by atoms with van der Waals surface area (Å²) < 4.78 is 0. The van der Waals surface area contributed by atoms with Crippen molar-refractivity contribution >= 4 is 17.1 Å². The Bertz CT molecular complexity index is 233. The second-order valence-electron chi connectivity index (χ2n) is 2.53. The SMILES string of the molecule is NCCCC(=O)Cc1nccs1. The van der Waals surface area contributed by atoms with E-state index in [1.807, 2.05) is 5.38 Å². The number of carbonyl (C=O) groups excluding carboxylic acids is 1. The number of thiazole rings is 1. The molecule has 1 aromatic heterocycles. The summed E-state index contributed by atoms with van der Waals surface area (Å²) in [4.78, 5) is 15.2. The van der Waals surface area contributed by atoms with Crippen molar-refractivity contribution in [2.75, 3.05) is 6.54 Å². The van der Waals surface area contributed by atoms with Gasteiger partial charge in [-0.3, -0.25) is 4.79 Å². The van der Waals surface area contributed by atoms with Crippen LogP contribution in [0.1, 0.15) is 17.8 Å². The average Bonchev–Trinajstić information content (AvgIpc) is 2.53. The summed E-state index contributed by atoms with van der Waals surface area (Å²) in [6, 6.07) is 0. The van der Waals surface area contributed by atoms with Crippen molar-refractivity contribution in [3.8, 4) is 0 Å². The lowest BCUT2D eigenvalue weighted by Crippen LogP contribution is -2.06. The van der Waals surface area contributed by atoms with E-state index < -0.39 is 0 Å². The number of hydrogen-bond acceptors (Lipinski definition) is 4. The van der Waals surface area contributed by atoms with Crippen molar-refractivity contribution in [3.05, 3.63) is 16.6 Å². The molecule has 0 saturated carbocycles. The number of rotatable bonds is 5. The van der Waals surface area contributed by atoms with Gasteiger partial charge in [-0.2, -0.15) is 0 Å². The molecule has 0 aliphatic carbocycles. The Kier molecular flexibility index (Phi) is 3.90. The maximum Gasteiger partial charge on any atom is 0.139 e. The number of ketones is 1. The highest BCUT2D eigenvalue weighted by atomic mass is 32.1. The minimum atomic E-state index is 0.232. The van der Waals surface area contributed by atoms with Crippen LogP contribution >= 0.6 is 11.3 Å². The fourth-order valence-electron chi connectivity index (χ4n) is 0.897. The molecular weight excluding hydrogens is 172 g/mol. The molecule has 12 heavy (non-hydrogen) atoms. The summed E-state index contributed by atoms with van der Waals surface area (Å²) in [5, 5.41) is 2.78. The minimum absolute atomic E-state index is 0.232. The Balaban J connectivity index is 2.27. The van der Waals surface area contributed by atoms with Crippen LogP contribution in [0.4, 0.5) is 0 Å². The highest BCUT2D eigenvalue weighted by Crippen LogP contribution is 2.06. The molecule has 2 N–H and O–H groups in total. The van der Waals surface area contributed by atoms with Crippen LogP contribution in [0.25, 0.3) is 0 Å². The molecule has 0 saturated heterocycles. The van der Waals surface area contributed by atoms with Crippen LogP contribution in [0.5, 0.6) is 0 Å². The second-order valence-corrected chi connectivity index (χ2v) is 3.51. The zero-order valence-electron chi connectivity index (χ0n) is 6.82. The highest BCUT2D eigenvalue weighted by molar-refractivity contribution is 7.09. The van der Waals surface area contributed by atoms with Crippen molar-refractivity contribution in [1.29, 1.82) is 0 Å². The van der Waals surface area contributed by atoms with Crippen LogP contribution in [0, 0.1) is 0 Å². The predicted octanol–water partition coefficient (Wildman–Crippen LogP) is 0.994. The molecule has 0 aliphatic heterocycles. The smallest absolute Gasteiger partial charge is 0.139 e. The first-order chi connectivity index (χ1) is 5.83. The lowest BCUT2D eigenvalue weighted by molar-refractivity contribution is -0.118. The van der Waals surface area contributed by atoms with Crippen molar-refractivity contribution in [2.45, 2.75) is 19.3 Å². The Labute approximate surface area is 75.6 Å². The number of nitrogens with two attached hydrogens (primary N) is 1. The zero-order valence-corrected chi connectivity index (χ0v) is 7.64. The first-order valence-electron chi connectivity index (χ1n) is 3.93. The van der Waals surface area contributed by atoms with Crippen LogP contribution in [0.2, 0.25) is 0 Å². The van der Waals surface area contributed by atoms with Gasteiger partial charge < -0.3 is 5.73 Å². The molecule has 0 atom stereocenters. The van der Waals surface area contributed by atoms with Crippen LogP contribution in [0.3, 0.4) is 0 Å². The lowest BCUT2D eigenvalue weighted by atomic mass is 10.2. The third-order valence-electron chi connectivity index (χ3n) is 1.49. The van der Waals surface area contributed by atoms with E-state index in [1.165, 1.54) is 11.3 Å². The quantitative estimate of drug-likeness (QED) is 0.742. The Hall–Kier alpha value is -0.740. The first-order valence-corrected chi connectivity index (χ1v) is 4.81. The van der Waals surface area contributed by atoms with Gasteiger partial charge in [0, 0.05) is 18.0 Å². The number of Topliss-reactive ketones (excluding diaryl/α,β-unsaturated/α-hetero) is 1. The second kappa shape index (κ2) is 5.00. The summed E-state index contributed by atoms with van der Waals surface area (Å²) in [5.41, 5.74) is 5.28. The molecule has 0 aliphatic rings. The van der Waals surface area contributed by atoms with Gasteiger partial charge in [-0.25, -0.2) is 4.98 Å². The van der Waals surface area contributed by atoms with E-state index in [4.69, 9.17) is 5.73 Å². The van der Waals surface area contributed by atoms with E-state index in [0.717, 1.165) is 11.4 Å². The Morgan fingerprint density at radius 1 is 1.67 bits per heavy atom. The van der Waals surface area contributed by atoms with Crippen molar-refractivity contribution in [2.24, 2.45) is 5.73 Å². The molecule has 66 valence electrons. The van der Waals surface area contributed by atoms with E-state index >= 15 is 0 Å². The third kappa shape index (κ3) is 3.11. The zero-order chi connectivity index (χ0) is 8.81. The van der Waals surface area contributed by atoms with Crippen LogP contribution < -0.4 is 5.73 Å². The molecule has 4 heteroatoms. The first kappa shape index (κ1) is 9.35. The normalized spacial score (nSPS) is 10.1. The van der Waals surface area contributed by atoms with Crippen molar-refractivity contribution in [3.63, 3.8) is 0 Å². The van der Waals surface area contributed by atoms with Crippen LogP contribution in [0.15, 0.2) is 11.6 Å². The van der Waals surface area contributed by atoms with Crippen LogP contribution in [-0.2, 0) is 11.2 Å². The standard InChI is InChI=1S/C8H12N2OS/c9-3-1-2-7(11)6-8-10-4-5-12-8/h4-5H,1-3,6,9H2. The fourth-order valence-corrected chi connectivity index (χ4v) is 1.54. The fraction of sp³-hybridized carbons (Fsp3) is 0.500. The maximum absolute atomic E-state index is 11.2. The molecule has 3 nitrogen and oxygen atoms in total. The number of carbonyl (C=O) groups is 1. The summed E-state index contributed by atoms with van der Waals surface area (Å²) in [6.07, 6.45) is 3.55. The summed E-state index contributed by atoms with van der Waals surface area (Å²) >= 11 is 1.52. The van der Waals surface area contributed by atoms with E-state index in [0.29, 0.717) is 19.4 Å². The van der Waals surface area contributed by atoms with E-state index in [1.54, 1.807) is 6.20 Å². The molecule has 0 spiro atoms. The molecular formula is C8H12N2OS. The van der Waals surface area contributed by atoms with E-state index in [2.05, 4.69) is 4.98 Å². The predicted molar refractivity (Wildman–Crippen MR) is 49.1 cm³/mol. The van der Waals surface area contributed by atoms with Gasteiger partial charge in [0.1, 0.15) is 5.78 Å². The largest absolute Gasteiger partial charge is 0.330 e. The summed E-state index contributed by atoms with van der Waals surface area (Å²) in [7, 11) is 0. The molecule has 1 aromatic rings. The van der Waals surface area contributed by atoms with Gasteiger partial charge in [-0.1, -0.05) is 0 Å². The number of aromatic nitrogens is 1. The van der Waals surface area contributed by atoms with Gasteiger partial charge in [0.15, 0.2) is 0 Å². The van der Waals surface area contributed by atoms with E-state index in [9.17, 15) is 4.79 Å². The van der Waals surface area contributed by atoms with Crippen LogP contribution in [-0.4, -0.2) is 17.3 Å². The molecule has 1 heterocycles. The van der Waals surface area contributed by atoms with E-state index in [-0.39, 0.29) is 5.78 Å². The molecule has 0 amide bonds. The maximum atomic E-state index is 11.2. The van der Waals surface area contributed by atoms with Gasteiger partial charge in [-0.05, 0) is 13.0 Å². The molecule has 0 unspecified atom stereocenters. The van der Waals surface area contributed by atoms with Gasteiger partial charge in [0.2, 0.25) is 0 Å². The van der Waals surface area contributed by atoms with Gasteiger partial charge in [0.25, 0.3) is 0 Å². The van der Waals surface area contributed by atoms with Crippen molar-refractivity contribution < 1.29 is 4.79 Å². The molecule has 0 aromatic carbocycles. The number of nitrogens with zero attached hydrogens (tertiary/aromatic N) is 1. The summed E-state index contributed by atoms with van der Waals surface area (Å²) in [5.74, 6) is 0.232. The molecule has 1 rings (SSSR count). The number of hydrogen-bond donors (Lipinski definition) is 1. The highest BCUT2D eigenvalue weighted by Gasteiger charge is 2.04. The summed E-state index contributed by atoms with van der Waals surface area (Å²) in [6.45, 7) is 0.587. The molecule has 0 bridgehead atoms. The van der Waals surface area contributed by atoms with Gasteiger partial charge >= 0.3 is 0 Å². The Morgan fingerprint density at radius 2 is 2.50 bits per heavy atom. The topological polar surface area (TPSA) is 56.0 Å². The van der Waals surface area contributed by atoms with Crippen molar-refractivity contribution in [1.82, 2.24) is 4.98 Å². The van der Waals surface area contributed by atoms with Gasteiger partial charge in [0.05, 0.1) is 11.4 Å². The molecule has 0 fully saturated rings. The monoisotopic (exact) mass is 184 g/mol. The average molecular weight is 184 g/mol. The third-order valence-corrected chi connectivity index (χ3v) is 2.27. The molecule has 0 radical (unpaired) electrons. The minimum Gasteiger partial charge on any atom is -0.330 e. The lowest BCUT2D eigenvalue weighted by Gasteiger charge is -1.95.